The van der Waals surface area contributed by atoms with Crippen LogP contribution in [0.3, 0.4) is 0 Å². The Bertz CT molecular complexity index is 966. The van der Waals surface area contributed by atoms with Crippen LogP contribution in [0.1, 0.15) is 11.5 Å². The van der Waals surface area contributed by atoms with E-state index in [-0.39, 0.29) is 22.9 Å². The van der Waals surface area contributed by atoms with Crippen molar-refractivity contribution in [2.75, 3.05) is 0 Å². The molecule has 0 atom stereocenters. The summed E-state index contributed by atoms with van der Waals surface area (Å²) in [5.41, 5.74) is 1.08. The Morgan fingerprint density at radius 3 is 2.70 bits per heavy atom. The zero-order chi connectivity index (χ0) is 16.6. The molecule has 0 bridgehead atoms. The molecule has 3 aromatic rings. The van der Waals surface area contributed by atoms with Gasteiger partial charge in [-0.3, -0.25) is 4.79 Å². The fraction of sp³-hybridized carbons (Fsp3) is 0.200. The van der Waals surface area contributed by atoms with Gasteiger partial charge in [0.25, 0.3) is 15.9 Å². The molecule has 2 aromatic heterocycles. The van der Waals surface area contributed by atoms with Gasteiger partial charge in [0.15, 0.2) is 10.7 Å². The molecular formula is C15H15N3O4S. The maximum Gasteiger partial charge on any atom is 0.269 e. The Labute approximate surface area is 132 Å². The van der Waals surface area contributed by atoms with Gasteiger partial charge in [-0.1, -0.05) is 23.4 Å². The van der Waals surface area contributed by atoms with Crippen molar-refractivity contribution in [2.24, 2.45) is 0 Å². The first kappa shape index (κ1) is 15.3. The van der Waals surface area contributed by atoms with Crippen molar-refractivity contribution in [3.05, 3.63) is 48.0 Å². The van der Waals surface area contributed by atoms with Gasteiger partial charge in [0.1, 0.15) is 12.2 Å². The summed E-state index contributed by atoms with van der Waals surface area (Å²) in [6.07, 6.45) is 1.74. The molecule has 0 aliphatic rings. The number of rotatable bonds is 4. The van der Waals surface area contributed by atoms with E-state index in [0.717, 1.165) is 10.9 Å². The summed E-state index contributed by atoms with van der Waals surface area (Å²) in [6.45, 7) is 2.89. The molecule has 0 aliphatic heterocycles. The topological polar surface area (TPSA) is 94.2 Å². The van der Waals surface area contributed by atoms with Crippen LogP contribution in [0.25, 0.3) is 10.9 Å². The van der Waals surface area contributed by atoms with Gasteiger partial charge in [0.2, 0.25) is 0 Å². The highest BCUT2D eigenvalue weighted by Crippen LogP contribution is 2.19. The van der Waals surface area contributed by atoms with Crippen LogP contribution in [0.15, 0.2) is 45.9 Å². The van der Waals surface area contributed by atoms with Crippen molar-refractivity contribution >= 4 is 26.8 Å². The normalized spacial score (nSPS) is 11.7. The quantitative estimate of drug-likeness (QED) is 0.785. The van der Waals surface area contributed by atoms with Gasteiger partial charge in [0, 0.05) is 11.7 Å². The minimum absolute atomic E-state index is 0.0942. The number of nitrogens with one attached hydrogen (secondary N) is 1. The number of fused-ring (bicyclic) bond motifs is 1. The number of para-hydroxylation sites is 1. The van der Waals surface area contributed by atoms with Gasteiger partial charge >= 0.3 is 0 Å². The maximum atomic E-state index is 12.3. The number of sulfonamides is 1. The zero-order valence-electron chi connectivity index (χ0n) is 12.6. The van der Waals surface area contributed by atoms with E-state index >= 15 is 0 Å². The Hall–Kier alpha value is -2.61. The first-order chi connectivity index (χ1) is 10.9. The third-order valence-corrected chi connectivity index (χ3v) is 5.10. The van der Waals surface area contributed by atoms with E-state index in [1.165, 1.54) is 13.8 Å². The molecular weight excluding hydrogens is 318 g/mol. The molecule has 0 spiro atoms. The second-order valence-corrected chi connectivity index (χ2v) is 6.80. The number of amides is 1. The Morgan fingerprint density at radius 1 is 1.26 bits per heavy atom. The lowest BCUT2D eigenvalue weighted by Crippen LogP contribution is -2.33. The van der Waals surface area contributed by atoms with E-state index < -0.39 is 15.9 Å². The average molecular weight is 333 g/mol. The van der Waals surface area contributed by atoms with Gasteiger partial charge < -0.3 is 9.09 Å². The van der Waals surface area contributed by atoms with Crippen LogP contribution in [-0.4, -0.2) is 24.0 Å². The van der Waals surface area contributed by atoms with E-state index in [4.69, 9.17) is 4.52 Å². The second-order valence-electron chi connectivity index (χ2n) is 5.18. The number of carbonyl (C=O) groups is 1. The fourth-order valence-electron chi connectivity index (χ4n) is 2.52. The summed E-state index contributed by atoms with van der Waals surface area (Å²) in [4.78, 5) is 12.0. The van der Waals surface area contributed by atoms with E-state index in [1.807, 2.05) is 30.3 Å². The van der Waals surface area contributed by atoms with Crippen molar-refractivity contribution in [2.45, 2.75) is 25.3 Å². The summed E-state index contributed by atoms with van der Waals surface area (Å²) in [5.74, 6) is -0.486. The summed E-state index contributed by atoms with van der Waals surface area (Å²) >= 11 is 0. The van der Waals surface area contributed by atoms with Crippen LogP contribution >= 0.6 is 0 Å². The second kappa shape index (κ2) is 5.54. The van der Waals surface area contributed by atoms with E-state index in [2.05, 4.69) is 9.88 Å². The number of aryl methyl sites for hydroxylation is 2. The lowest BCUT2D eigenvalue weighted by Gasteiger charge is -2.08. The summed E-state index contributed by atoms with van der Waals surface area (Å²) in [7, 11) is -4.00. The highest BCUT2D eigenvalue weighted by atomic mass is 32.2. The monoisotopic (exact) mass is 333 g/mol. The number of hydrogen-bond donors (Lipinski definition) is 1. The average Bonchev–Trinajstić information content (AvgIpc) is 3.03. The van der Waals surface area contributed by atoms with Gasteiger partial charge in [-0.25, -0.2) is 13.1 Å². The minimum atomic E-state index is -4.00. The number of aromatic nitrogens is 2. The predicted molar refractivity (Wildman–Crippen MR) is 83.2 cm³/mol. The number of carbonyl (C=O) groups excluding carboxylic acids is 1. The summed E-state index contributed by atoms with van der Waals surface area (Å²) < 4.78 is 33.2. The zero-order valence-corrected chi connectivity index (χ0v) is 13.4. The SMILES string of the molecule is Cc1noc(C)c1S(=O)(=O)NC(=O)Cn1ccc2ccccc21. The molecule has 0 radical (unpaired) electrons. The number of nitrogens with zero attached hydrogens (tertiary/aromatic N) is 2. The van der Waals surface area contributed by atoms with Crippen LogP contribution in [-0.2, 0) is 21.4 Å². The molecule has 8 heteroatoms. The van der Waals surface area contributed by atoms with Crippen LogP contribution < -0.4 is 4.72 Å². The van der Waals surface area contributed by atoms with E-state index in [9.17, 15) is 13.2 Å². The van der Waals surface area contributed by atoms with Crippen LogP contribution in [0.4, 0.5) is 0 Å². The molecule has 120 valence electrons. The van der Waals surface area contributed by atoms with Gasteiger partial charge in [-0.15, -0.1) is 0 Å². The Morgan fingerprint density at radius 2 is 2.00 bits per heavy atom. The van der Waals surface area contributed by atoms with Crippen molar-refractivity contribution < 1.29 is 17.7 Å². The molecule has 0 saturated heterocycles. The van der Waals surface area contributed by atoms with Crippen molar-refractivity contribution in [1.82, 2.24) is 14.4 Å². The molecule has 0 unspecified atom stereocenters. The molecule has 1 amide bonds. The standard InChI is InChI=1S/C15H15N3O4S/c1-10-15(11(2)22-16-10)23(20,21)17-14(19)9-18-8-7-12-5-3-4-6-13(12)18/h3-8H,9H2,1-2H3,(H,17,19). The van der Waals surface area contributed by atoms with Gasteiger partial charge in [0.05, 0.1) is 0 Å². The lowest BCUT2D eigenvalue weighted by molar-refractivity contribution is -0.119. The third-order valence-electron chi connectivity index (χ3n) is 3.48. The Kier molecular flexibility index (Phi) is 3.69. The van der Waals surface area contributed by atoms with Crippen molar-refractivity contribution in [3.63, 3.8) is 0 Å². The largest absolute Gasteiger partial charge is 0.360 e. The maximum absolute atomic E-state index is 12.3. The van der Waals surface area contributed by atoms with Gasteiger partial charge in [-0.2, -0.15) is 0 Å². The highest BCUT2D eigenvalue weighted by molar-refractivity contribution is 7.90. The minimum Gasteiger partial charge on any atom is -0.360 e. The van der Waals surface area contributed by atoms with E-state index in [0.29, 0.717) is 0 Å². The molecule has 3 rings (SSSR count). The predicted octanol–water partition coefficient (Wildman–Crippen LogP) is 1.75. The van der Waals surface area contributed by atoms with Crippen LogP contribution in [0.5, 0.6) is 0 Å². The molecule has 23 heavy (non-hydrogen) atoms. The van der Waals surface area contributed by atoms with Crippen LogP contribution in [0.2, 0.25) is 0 Å². The molecule has 0 fully saturated rings. The van der Waals surface area contributed by atoms with E-state index in [1.54, 1.807) is 10.8 Å². The smallest absolute Gasteiger partial charge is 0.269 e. The highest BCUT2D eigenvalue weighted by Gasteiger charge is 2.26. The third kappa shape index (κ3) is 2.85. The van der Waals surface area contributed by atoms with Crippen molar-refractivity contribution in [3.8, 4) is 0 Å². The molecule has 2 heterocycles. The molecule has 1 aromatic carbocycles. The van der Waals surface area contributed by atoms with Crippen molar-refractivity contribution in [1.29, 1.82) is 0 Å². The Balaban J connectivity index is 1.82. The molecule has 1 N–H and O–H groups in total. The molecule has 7 nitrogen and oxygen atoms in total. The first-order valence-electron chi connectivity index (χ1n) is 6.91. The summed E-state index contributed by atoms with van der Waals surface area (Å²) in [5, 5.41) is 4.58. The summed E-state index contributed by atoms with van der Waals surface area (Å²) in [6, 6.07) is 9.41. The van der Waals surface area contributed by atoms with Gasteiger partial charge in [-0.05, 0) is 31.4 Å². The lowest BCUT2D eigenvalue weighted by atomic mass is 10.2. The van der Waals surface area contributed by atoms with Crippen LogP contribution in [0, 0.1) is 13.8 Å². The number of hydrogen-bond acceptors (Lipinski definition) is 5. The first-order valence-corrected chi connectivity index (χ1v) is 8.39. The fourth-order valence-corrected chi connectivity index (χ4v) is 3.83. The molecule has 0 saturated carbocycles. The number of benzene rings is 1. The molecule has 0 aliphatic carbocycles.